The Labute approximate surface area is 126 Å². The summed E-state index contributed by atoms with van der Waals surface area (Å²) in [5, 5.41) is 10.5. The zero-order valence-corrected chi connectivity index (χ0v) is 13.0. The molecule has 1 atom stereocenters. The van der Waals surface area contributed by atoms with Crippen LogP contribution in [0.5, 0.6) is 5.75 Å². The second-order valence-electron chi connectivity index (χ2n) is 6.02. The zero-order valence-electron chi connectivity index (χ0n) is 13.0. The first-order chi connectivity index (χ1) is 9.93. The van der Waals surface area contributed by atoms with Gasteiger partial charge < -0.3 is 19.6 Å². The van der Waals surface area contributed by atoms with Crippen LogP contribution in [0.3, 0.4) is 0 Å². The van der Waals surface area contributed by atoms with Gasteiger partial charge in [0.05, 0.1) is 25.7 Å². The van der Waals surface area contributed by atoms with Crippen molar-refractivity contribution in [2.24, 2.45) is 0 Å². The number of likely N-dealkylation sites (N-methyl/N-ethyl adjacent to an activating group) is 1. The number of para-hydroxylation sites is 1. The predicted molar refractivity (Wildman–Crippen MR) is 81.4 cm³/mol. The fraction of sp³-hybridized carbons (Fsp3) is 0.562. The maximum absolute atomic E-state index is 12.4. The van der Waals surface area contributed by atoms with E-state index in [0.29, 0.717) is 32.5 Å². The first-order valence-corrected chi connectivity index (χ1v) is 7.20. The van der Waals surface area contributed by atoms with Gasteiger partial charge in [-0.05, 0) is 26.6 Å². The van der Waals surface area contributed by atoms with Crippen LogP contribution < -0.4 is 4.74 Å². The molecule has 1 N–H and O–H groups in total. The molecule has 1 unspecified atom stereocenters. The first-order valence-electron chi connectivity index (χ1n) is 7.20. The van der Waals surface area contributed by atoms with E-state index >= 15 is 0 Å². The molecule has 0 saturated carbocycles. The Morgan fingerprint density at radius 2 is 2.14 bits per heavy atom. The van der Waals surface area contributed by atoms with Gasteiger partial charge >= 0.3 is 0 Å². The molecule has 1 heterocycles. The highest BCUT2D eigenvalue weighted by Gasteiger charge is 2.38. The van der Waals surface area contributed by atoms with Crippen LogP contribution in [0.15, 0.2) is 24.3 Å². The summed E-state index contributed by atoms with van der Waals surface area (Å²) >= 11 is 0. The molecule has 21 heavy (non-hydrogen) atoms. The van der Waals surface area contributed by atoms with Gasteiger partial charge in [-0.1, -0.05) is 18.2 Å². The van der Waals surface area contributed by atoms with Crippen molar-refractivity contribution in [1.29, 1.82) is 0 Å². The van der Waals surface area contributed by atoms with Crippen molar-refractivity contribution in [1.82, 2.24) is 9.80 Å². The number of nitrogens with zero attached hydrogens (tertiary/aromatic N) is 2. The molecule has 0 radical (unpaired) electrons. The number of carbonyl (C=O) groups is 1. The lowest BCUT2D eigenvalue weighted by molar-refractivity contribution is -0.130. The van der Waals surface area contributed by atoms with E-state index in [1.807, 2.05) is 43.3 Å². The topological polar surface area (TPSA) is 53.0 Å². The second-order valence-corrected chi connectivity index (χ2v) is 6.02. The summed E-state index contributed by atoms with van der Waals surface area (Å²) in [7, 11) is 5.46. The van der Waals surface area contributed by atoms with Crippen molar-refractivity contribution in [2.75, 3.05) is 40.8 Å². The third kappa shape index (κ3) is 3.95. The molecule has 5 nitrogen and oxygen atoms in total. The number of hydrogen-bond acceptors (Lipinski definition) is 4. The van der Waals surface area contributed by atoms with Crippen LogP contribution in [0.4, 0.5) is 0 Å². The van der Waals surface area contributed by atoms with Crippen LogP contribution in [0.1, 0.15) is 12.0 Å². The number of amides is 1. The van der Waals surface area contributed by atoms with Gasteiger partial charge in [0, 0.05) is 18.7 Å². The molecule has 1 aromatic rings. The van der Waals surface area contributed by atoms with Crippen LogP contribution >= 0.6 is 0 Å². The molecule has 1 aromatic carbocycles. The summed E-state index contributed by atoms with van der Waals surface area (Å²) in [5.74, 6) is 0.766. The van der Waals surface area contributed by atoms with Crippen molar-refractivity contribution in [3.8, 4) is 5.75 Å². The molecule has 1 saturated heterocycles. The van der Waals surface area contributed by atoms with Gasteiger partial charge in [0.15, 0.2) is 0 Å². The Morgan fingerprint density at radius 3 is 2.81 bits per heavy atom. The Balaban J connectivity index is 1.99. The molecule has 1 amide bonds. The van der Waals surface area contributed by atoms with E-state index in [-0.39, 0.29) is 5.91 Å². The maximum atomic E-state index is 12.4. The fourth-order valence-electron chi connectivity index (χ4n) is 2.91. The quantitative estimate of drug-likeness (QED) is 0.871. The van der Waals surface area contributed by atoms with Gasteiger partial charge in [-0.2, -0.15) is 0 Å². The lowest BCUT2D eigenvalue weighted by Gasteiger charge is -2.26. The van der Waals surface area contributed by atoms with Crippen LogP contribution in [0.25, 0.3) is 0 Å². The van der Waals surface area contributed by atoms with E-state index in [4.69, 9.17) is 4.74 Å². The molecule has 2 rings (SSSR count). The molecule has 1 fully saturated rings. The minimum absolute atomic E-state index is 0.0363. The summed E-state index contributed by atoms with van der Waals surface area (Å²) in [5.41, 5.74) is 0.0907. The van der Waals surface area contributed by atoms with Gasteiger partial charge in [0.2, 0.25) is 5.91 Å². The molecular weight excluding hydrogens is 268 g/mol. The molecule has 116 valence electrons. The van der Waals surface area contributed by atoms with E-state index in [1.54, 1.807) is 12.0 Å². The predicted octanol–water partition coefficient (Wildman–Crippen LogP) is 0.763. The number of benzene rings is 1. The zero-order chi connectivity index (χ0) is 15.5. The summed E-state index contributed by atoms with van der Waals surface area (Å²) in [6, 6.07) is 7.55. The van der Waals surface area contributed by atoms with Gasteiger partial charge in [0.1, 0.15) is 5.75 Å². The highest BCUT2D eigenvalue weighted by atomic mass is 16.5. The number of ether oxygens (including phenoxy) is 1. The fourth-order valence-corrected chi connectivity index (χ4v) is 2.91. The number of β-amino-alcohol motifs (C(OH)–C–C–N with tert-alkyl or cyclic N) is 1. The van der Waals surface area contributed by atoms with Crippen LogP contribution in [-0.2, 0) is 11.2 Å². The van der Waals surface area contributed by atoms with Crippen LogP contribution in [0, 0.1) is 0 Å². The Morgan fingerprint density at radius 1 is 1.43 bits per heavy atom. The summed E-state index contributed by atoms with van der Waals surface area (Å²) in [6.45, 7) is 1.59. The van der Waals surface area contributed by atoms with E-state index in [9.17, 15) is 9.90 Å². The van der Waals surface area contributed by atoms with Crippen molar-refractivity contribution in [3.05, 3.63) is 29.8 Å². The number of hydrogen-bond donors (Lipinski definition) is 1. The summed E-state index contributed by atoms with van der Waals surface area (Å²) in [6.07, 6.45) is 0.935. The standard InChI is InChI=1S/C16H24N2O3/c1-17(2)11-16(20)8-9-18(12-16)15(19)10-13-6-4-5-7-14(13)21-3/h4-7,20H,8-12H2,1-3H3. The average Bonchev–Trinajstić information content (AvgIpc) is 2.80. The largest absolute Gasteiger partial charge is 0.496 e. The van der Waals surface area contributed by atoms with Gasteiger partial charge in [0.25, 0.3) is 0 Å². The van der Waals surface area contributed by atoms with Crippen LogP contribution in [-0.4, -0.2) is 67.3 Å². The molecule has 1 aliphatic heterocycles. The summed E-state index contributed by atoms with van der Waals surface area (Å²) < 4.78 is 5.28. The number of methoxy groups -OCH3 is 1. The van der Waals surface area contributed by atoms with Gasteiger partial charge in [-0.3, -0.25) is 4.79 Å². The molecule has 0 aliphatic carbocycles. The lowest BCUT2D eigenvalue weighted by Crippen LogP contribution is -2.43. The van der Waals surface area contributed by atoms with Gasteiger partial charge in [-0.25, -0.2) is 0 Å². The minimum Gasteiger partial charge on any atom is -0.496 e. The normalized spacial score (nSPS) is 21.9. The Bertz CT molecular complexity index is 504. The lowest BCUT2D eigenvalue weighted by atomic mass is 10.0. The average molecular weight is 292 g/mol. The molecule has 0 bridgehead atoms. The highest BCUT2D eigenvalue weighted by Crippen LogP contribution is 2.24. The van der Waals surface area contributed by atoms with Crippen LogP contribution in [0.2, 0.25) is 0 Å². The molecular formula is C16H24N2O3. The van der Waals surface area contributed by atoms with Crippen molar-refractivity contribution >= 4 is 5.91 Å². The van der Waals surface area contributed by atoms with E-state index in [1.165, 1.54) is 0 Å². The van der Waals surface area contributed by atoms with E-state index < -0.39 is 5.60 Å². The number of aliphatic hydroxyl groups is 1. The number of rotatable bonds is 5. The second kappa shape index (κ2) is 6.45. The minimum atomic E-state index is -0.792. The smallest absolute Gasteiger partial charge is 0.227 e. The van der Waals surface area contributed by atoms with Gasteiger partial charge in [-0.15, -0.1) is 0 Å². The monoisotopic (exact) mass is 292 g/mol. The molecule has 0 aromatic heterocycles. The third-order valence-corrected chi connectivity index (χ3v) is 3.83. The number of carbonyl (C=O) groups excluding carboxylic acids is 1. The SMILES string of the molecule is COc1ccccc1CC(=O)N1CCC(O)(CN(C)C)C1. The summed E-state index contributed by atoms with van der Waals surface area (Å²) in [4.78, 5) is 16.1. The highest BCUT2D eigenvalue weighted by molar-refractivity contribution is 5.80. The first kappa shape index (κ1) is 15.8. The van der Waals surface area contributed by atoms with E-state index in [2.05, 4.69) is 0 Å². The van der Waals surface area contributed by atoms with Crippen molar-refractivity contribution < 1.29 is 14.6 Å². The molecule has 1 aliphatic rings. The van der Waals surface area contributed by atoms with Crippen molar-refractivity contribution in [3.63, 3.8) is 0 Å². The number of likely N-dealkylation sites (tertiary alicyclic amines) is 1. The van der Waals surface area contributed by atoms with E-state index in [0.717, 1.165) is 11.3 Å². The maximum Gasteiger partial charge on any atom is 0.227 e. The Hall–Kier alpha value is -1.59. The third-order valence-electron chi connectivity index (χ3n) is 3.83. The molecule has 5 heteroatoms. The van der Waals surface area contributed by atoms with Crippen molar-refractivity contribution in [2.45, 2.75) is 18.4 Å². The Kier molecular flexibility index (Phi) is 4.85. The molecule has 0 spiro atoms.